The Bertz CT molecular complexity index is 455. The number of halogens is 1. The first-order chi connectivity index (χ1) is 9.40. The molecule has 0 unspecified atom stereocenters. The van der Waals surface area contributed by atoms with Crippen LogP contribution in [0.5, 0.6) is 0 Å². The van der Waals surface area contributed by atoms with Crippen LogP contribution in [0.15, 0.2) is 30.3 Å². The van der Waals surface area contributed by atoms with E-state index in [0.717, 1.165) is 5.56 Å². The van der Waals surface area contributed by atoms with E-state index in [-0.39, 0.29) is 17.9 Å². The van der Waals surface area contributed by atoms with Crippen molar-refractivity contribution in [3.63, 3.8) is 0 Å². The van der Waals surface area contributed by atoms with Gasteiger partial charge in [0.15, 0.2) is 0 Å². The first kappa shape index (κ1) is 14.8. The molecule has 0 saturated carbocycles. The summed E-state index contributed by atoms with van der Waals surface area (Å²) >= 11 is 0. The Morgan fingerprint density at radius 3 is 2.50 bits per heavy atom. The number of nitrogens with zero attached hydrogens (tertiary/aromatic N) is 1. The van der Waals surface area contributed by atoms with Gasteiger partial charge in [-0.1, -0.05) is 30.3 Å². The predicted octanol–water partition coefficient (Wildman–Crippen LogP) is 3.61. The minimum Gasteiger partial charge on any atom is -0.444 e. The van der Waals surface area contributed by atoms with Crippen LogP contribution in [0.25, 0.3) is 0 Å². The van der Waals surface area contributed by atoms with Gasteiger partial charge in [-0.25, -0.2) is 4.79 Å². The lowest BCUT2D eigenvalue weighted by Crippen LogP contribution is -2.35. The molecule has 4 heteroatoms. The molecule has 1 fully saturated rings. The quantitative estimate of drug-likeness (QED) is 0.827. The number of amides is 1. The molecule has 1 amide bonds. The highest BCUT2D eigenvalue weighted by molar-refractivity contribution is 5.68. The zero-order valence-corrected chi connectivity index (χ0v) is 12.3. The van der Waals surface area contributed by atoms with Crippen molar-refractivity contribution in [2.75, 3.05) is 19.8 Å². The third-order valence-electron chi connectivity index (χ3n) is 3.52. The van der Waals surface area contributed by atoms with Crippen molar-refractivity contribution in [3.05, 3.63) is 35.9 Å². The molecule has 1 heterocycles. The predicted molar refractivity (Wildman–Crippen MR) is 76.5 cm³/mol. The molecule has 1 aliphatic rings. The van der Waals surface area contributed by atoms with Gasteiger partial charge in [0, 0.05) is 24.9 Å². The minimum atomic E-state index is -0.521. The summed E-state index contributed by atoms with van der Waals surface area (Å²) < 4.78 is 18.6. The lowest BCUT2D eigenvalue weighted by Gasteiger charge is -2.24. The van der Waals surface area contributed by atoms with Crippen molar-refractivity contribution in [1.29, 1.82) is 0 Å². The van der Waals surface area contributed by atoms with Crippen molar-refractivity contribution >= 4 is 6.09 Å². The summed E-state index contributed by atoms with van der Waals surface area (Å²) in [6.45, 7) is 6.03. The average Bonchev–Trinajstić information content (AvgIpc) is 2.82. The van der Waals surface area contributed by atoms with Gasteiger partial charge >= 0.3 is 6.09 Å². The molecule has 1 aromatic rings. The molecule has 1 saturated heterocycles. The van der Waals surface area contributed by atoms with E-state index >= 15 is 0 Å². The molecule has 1 aliphatic heterocycles. The van der Waals surface area contributed by atoms with Gasteiger partial charge in [-0.15, -0.1) is 0 Å². The molecule has 0 spiro atoms. The highest BCUT2D eigenvalue weighted by Crippen LogP contribution is 2.33. The number of hydrogen-bond donors (Lipinski definition) is 0. The molecule has 110 valence electrons. The maximum atomic E-state index is 13.2. The molecular weight excluding hydrogens is 257 g/mol. The van der Waals surface area contributed by atoms with Crippen LogP contribution in [0.3, 0.4) is 0 Å². The summed E-state index contributed by atoms with van der Waals surface area (Å²) in [5, 5.41) is 0. The smallest absolute Gasteiger partial charge is 0.410 e. The van der Waals surface area contributed by atoms with E-state index in [9.17, 15) is 9.18 Å². The fraction of sp³-hybridized carbons (Fsp3) is 0.562. The average molecular weight is 279 g/mol. The lowest BCUT2D eigenvalue weighted by molar-refractivity contribution is 0.0285. The Hall–Kier alpha value is -1.58. The normalized spacial score (nSPS) is 22.9. The molecule has 0 aromatic heterocycles. The van der Waals surface area contributed by atoms with Crippen LogP contribution in [0.1, 0.15) is 32.3 Å². The summed E-state index contributed by atoms with van der Waals surface area (Å²) in [5.41, 5.74) is 0.564. The van der Waals surface area contributed by atoms with E-state index in [1.165, 1.54) is 0 Å². The van der Waals surface area contributed by atoms with E-state index in [1.54, 1.807) is 4.90 Å². The van der Waals surface area contributed by atoms with E-state index in [0.29, 0.717) is 13.1 Å². The molecular formula is C16H22FNO2. The fourth-order valence-corrected chi connectivity index (χ4v) is 2.58. The first-order valence-electron chi connectivity index (χ1n) is 6.99. The molecule has 0 N–H and O–H groups in total. The minimum absolute atomic E-state index is 0.0497. The SMILES string of the molecule is CC(C)(C)OC(=O)N1C[C@@H](CF)[C@H](c2ccccc2)C1. The number of carbonyl (C=O) groups is 1. The van der Waals surface area contributed by atoms with Crippen LogP contribution in [0.2, 0.25) is 0 Å². The van der Waals surface area contributed by atoms with Gasteiger partial charge in [-0.2, -0.15) is 0 Å². The van der Waals surface area contributed by atoms with Gasteiger partial charge in [-0.05, 0) is 26.3 Å². The van der Waals surface area contributed by atoms with Gasteiger partial charge in [0.25, 0.3) is 0 Å². The molecule has 20 heavy (non-hydrogen) atoms. The van der Waals surface area contributed by atoms with Gasteiger partial charge in [0.1, 0.15) is 5.60 Å². The zero-order chi connectivity index (χ0) is 14.8. The molecule has 0 aliphatic carbocycles. The number of benzene rings is 1. The first-order valence-corrected chi connectivity index (χ1v) is 6.99. The summed E-state index contributed by atoms with van der Waals surface area (Å²) in [5.74, 6) is -0.0985. The van der Waals surface area contributed by atoms with Crippen LogP contribution in [-0.4, -0.2) is 36.4 Å². The Morgan fingerprint density at radius 2 is 1.95 bits per heavy atom. The van der Waals surface area contributed by atoms with Crippen LogP contribution >= 0.6 is 0 Å². The van der Waals surface area contributed by atoms with Crippen molar-refractivity contribution in [2.24, 2.45) is 5.92 Å². The molecule has 2 atom stereocenters. The van der Waals surface area contributed by atoms with Gasteiger partial charge in [0.2, 0.25) is 0 Å². The second-order valence-electron chi connectivity index (χ2n) is 6.32. The van der Waals surface area contributed by atoms with E-state index in [4.69, 9.17) is 4.74 Å². The highest BCUT2D eigenvalue weighted by Gasteiger charge is 2.37. The van der Waals surface area contributed by atoms with Crippen LogP contribution in [0, 0.1) is 5.92 Å². The number of alkyl halides is 1. The molecule has 2 rings (SSSR count). The largest absolute Gasteiger partial charge is 0.444 e. The van der Waals surface area contributed by atoms with E-state index < -0.39 is 12.3 Å². The summed E-state index contributed by atoms with van der Waals surface area (Å²) in [6, 6.07) is 9.81. The Morgan fingerprint density at radius 1 is 1.30 bits per heavy atom. The fourth-order valence-electron chi connectivity index (χ4n) is 2.58. The van der Waals surface area contributed by atoms with Crippen molar-refractivity contribution < 1.29 is 13.9 Å². The Balaban J connectivity index is 2.08. The van der Waals surface area contributed by atoms with E-state index in [1.807, 2.05) is 51.1 Å². The molecule has 0 radical (unpaired) electrons. The number of ether oxygens (including phenoxy) is 1. The number of rotatable bonds is 2. The molecule has 1 aromatic carbocycles. The highest BCUT2D eigenvalue weighted by atomic mass is 19.1. The lowest BCUT2D eigenvalue weighted by atomic mass is 9.90. The summed E-state index contributed by atoms with van der Waals surface area (Å²) in [6.07, 6.45) is -0.352. The molecule has 0 bridgehead atoms. The second-order valence-corrected chi connectivity index (χ2v) is 6.32. The van der Waals surface area contributed by atoms with Crippen LogP contribution in [0.4, 0.5) is 9.18 Å². The summed E-state index contributed by atoms with van der Waals surface area (Å²) in [7, 11) is 0. The van der Waals surface area contributed by atoms with Crippen molar-refractivity contribution in [2.45, 2.75) is 32.3 Å². The van der Waals surface area contributed by atoms with Crippen molar-refractivity contribution in [3.8, 4) is 0 Å². The Labute approximate surface area is 119 Å². The maximum Gasteiger partial charge on any atom is 0.410 e. The Kier molecular flexibility index (Phi) is 4.31. The van der Waals surface area contributed by atoms with Gasteiger partial charge in [-0.3, -0.25) is 4.39 Å². The van der Waals surface area contributed by atoms with Gasteiger partial charge in [0.05, 0.1) is 6.67 Å². The summed E-state index contributed by atoms with van der Waals surface area (Å²) in [4.78, 5) is 13.7. The van der Waals surface area contributed by atoms with Crippen LogP contribution < -0.4 is 0 Å². The van der Waals surface area contributed by atoms with E-state index in [2.05, 4.69) is 0 Å². The second kappa shape index (κ2) is 5.81. The number of carbonyl (C=O) groups excluding carboxylic acids is 1. The van der Waals surface area contributed by atoms with Gasteiger partial charge < -0.3 is 9.64 Å². The van der Waals surface area contributed by atoms with Crippen LogP contribution in [-0.2, 0) is 4.74 Å². The number of likely N-dealkylation sites (tertiary alicyclic amines) is 1. The molecule has 3 nitrogen and oxygen atoms in total. The third kappa shape index (κ3) is 3.50. The maximum absolute atomic E-state index is 13.2. The topological polar surface area (TPSA) is 29.5 Å². The standard InChI is InChI=1S/C16H22FNO2/c1-16(2,3)20-15(19)18-10-13(9-17)14(11-18)12-7-5-4-6-8-12/h4-8,13-14H,9-11H2,1-3H3/t13-,14+/m1/s1. The van der Waals surface area contributed by atoms with Crippen molar-refractivity contribution in [1.82, 2.24) is 4.90 Å². The number of hydrogen-bond acceptors (Lipinski definition) is 2. The zero-order valence-electron chi connectivity index (χ0n) is 12.3. The monoisotopic (exact) mass is 279 g/mol. The third-order valence-corrected chi connectivity index (χ3v) is 3.52.